The lowest BCUT2D eigenvalue weighted by Crippen LogP contribution is -2.45. The average molecular weight is 374 g/mol. The summed E-state index contributed by atoms with van der Waals surface area (Å²) < 4.78 is 5.74. The second-order valence-corrected chi connectivity index (χ2v) is 7.49. The predicted octanol–water partition coefficient (Wildman–Crippen LogP) is 2.30. The van der Waals surface area contributed by atoms with Crippen LogP contribution in [0.3, 0.4) is 0 Å². The van der Waals surface area contributed by atoms with Crippen molar-refractivity contribution in [2.75, 3.05) is 25.0 Å². The summed E-state index contributed by atoms with van der Waals surface area (Å²) in [5.41, 5.74) is 1.89. The van der Waals surface area contributed by atoms with Crippen molar-refractivity contribution in [2.45, 2.75) is 39.0 Å². The summed E-state index contributed by atoms with van der Waals surface area (Å²) in [6.45, 7) is 3.33. The molecule has 7 nitrogen and oxygen atoms in total. The van der Waals surface area contributed by atoms with Crippen molar-refractivity contribution >= 4 is 23.5 Å². The smallest absolute Gasteiger partial charge is 0.308 e. The molecule has 2 heterocycles. The summed E-state index contributed by atoms with van der Waals surface area (Å²) in [7, 11) is 0. The Bertz CT molecular complexity index is 733. The topological polar surface area (TPSA) is 95.9 Å². The van der Waals surface area contributed by atoms with Crippen LogP contribution in [-0.4, -0.2) is 47.5 Å². The van der Waals surface area contributed by atoms with Crippen molar-refractivity contribution in [1.29, 1.82) is 0 Å². The number of nitrogens with one attached hydrogen (secondary N) is 1. The number of nitrogens with zero attached hydrogens (tertiary/aromatic N) is 1. The number of piperidine rings is 1. The standard InChI is InChI=1S/C20H26N2O5/c1-13-9-15(20(25)26)12-22(11-13)19(24)3-2-8-27-16-5-6-17-14(10-16)4-7-18(23)21-17/h5-6,10,13,15H,2-4,7-9,11-12H2,1H3,(H,21,23)(H,25,26). The summed E-state index contributed by atoms with van der Waals surface area (Å²) in [5.74, 6) is -0.335. The number of aryl methyl sites for hydroxylation is 1. The van der Waals surface area contributed by atoms with Gasteiger partial charge in [0.1, 0.15) is 5.75 Å². The number of carboxylic acid groups (broad SMARTS) is 1. The van der Waals surface area contributed by atoms with E-state index in [2.05, 4.69) is 5.32 Å². The highest BCUT2D eigenvalue weighted by Crippen LogP contribution is 2.27. The molecule has 3 rings (SSSR count). The van der Waals surface area contributed by atoms with Gasteiger partial charge in [0.05, 0.1) is 12.5 Å². The Morgan fingerprint density at radius 1 is 1.30 bits per heavy atom. The van der Waals surface area contributed by atoms with Crippen molar-refractivity contribution in [2.24, 2.45) is 11.8 Å². The summed E-state index contributed by atoms with van der Waals surface area (Å²) in [6, 6.07) is 5.59. The van der Waals surface area contributed by atoms with Crippen LogP contribution in [0.4, 0.5) is 5.69 Å². The van der Waals surface area contributed by atoms with Crippen LogP contribution in [0.2, 0.25) is 0 Å². The Balaban J connectivity index is 1.44. The second-order valence-electron chi connectivity index (χ2n) is 7.49. The number of amides is 2. The molecule has 1 fully saturated rings. The predicted molar refractivity (Wildman–Crippen MR) is 99.6 cm³/mol. The van der Waals surface area contributed by atoms with Crippen LogP contribution < -0.4 is 10.1 Å². The number of anilines is 1. The Hall–Kier alpha value is -2.57. The van der Waals surface area contributed by atoms with Crippen molar-refractivity contribution in [3.8, 4) is 5.75 Å². The lowest BCUT2D eigenvalue weighted by atomic mass is 9.90. The quantitative estimate of drug-likeness (QED) is 0.745. The van der Waals surface area contributed by atoms with Gasteiger partial charge in [-0.15, -0.1) is 0 Å². The molecule has 2 aliphatic rings. The first-order valence-corrected chi connectivity index (χ1v) is 9.48. The number of hydrogen-bond acceptors (Lipinski definition) is 4. The molecule has 0 aromatic heterocycles. The molecule has 2 amide bonds. The summed E-state index contributed by atoms with van der Waals surface area (Å²) in [6.07, 6.45) is 2.74. The van der Waals surface area contributed by atoms with Gasteiger partial charge in [-0.25, -0.2) is 0 Å². The Kier molecular flexibility index (Phi) is 5.98. The third-order valence-electron chi connectivity index (χ3n) is 5.14. The molecule has 1 saturated heterocycles. The SMILES string of the molecule is CC1CC(C(=O)O)CN(C(=O)CCCOc2ccc3c(c2)CCC(=O)N3)C1. The van der Waals surface area contributed by atoms with E-state index in [-0.39, 0.29) is 17.7 Å². The number of benzene rings is 1. The second kappa shape index (κ2) is 8.41. The van der Waals surface area contributed by atoms with Crippen molar-refractivity contribution in [3.05, 3.63) is 23.8 Å². The molecule has 1 aromatic rings. The molecule has 27 heavy (non-hydrogen) atoms. The van der Waals surface area contributed by atoms with Crippen LogP contribution in [0.25, 0.3) is 0 Å². The van der Waals surface area contributed by atoms with Crippen LogP contribution in [0, 0.1) is 11.8 Å². The fourth-order valence-electron chi connectivity index (χ4n) is 3.76. The van der Waals surface area contributed by atoms with E-state index >= 15 is 0 Å². The van der Waals surface area contributed by atoms with Crippen LogP contribution in [0.15, 0.2) is 18.2 Å². The number of aliphatic carboxylic acids is 1. The number of carboxylic acids is 1. The molecule has 2 N–H and O–H groups in total. The van der Waals surface area contributed by atoms with Gasteiger partial charge in [-0.2, -0.15) is 0 Å². The molecule has 0 bridgehead atoms. The number of carbonyl (C=O) groups is 3. The number of carbonyl (C=O) groups excluding carboxylic acids is 2. The van der Waals surface area contributed by atoms with E-state index in [1.165, 1.54) is 0 Å². The minimum atomic E-state index is -0.828. The minimum Gasteiger partial charge on any atom is -0.494 e. The number of fused-ring (bicyclic) bond motifs is 1. The Morgan fingerprint density at radius 3 is 2.89 bits per heavy atom. The molecule has 146 valence electrons. The maximum absolute atomic E-state index is 12.4. The van der Waals surface area contributed by atoms with Gasteiger partial charge in [0.15, 0.2) is 0 Å². The molecule has 2 atom stereocenters. The van der Waals surface area contributed by atoms with E-state index in [1.54, 1.807) is 4.90 Å². The monoisotopic (exact) mass is 374 g/mol. The van der Waals surface area contributed by atoms with Gasteiger partial charge >= 0.3 is 5.97 Å². The van der Waals surface area contributed by atoms with Gasteiger partial charge in [0, 0.05) is 31.6 Å². The molecule has 2 unspecified atom stereocenters. The summed E-state index contributed by atoms with van der Waals surface area (Å²) in [5, 5.41) is 12.0. The van der Waals surface area contributed by atoms with Gasteiger partial charge in [-0.3, -0.25) is 14.4 Å². The molecule has 0 saturated carbocycles. The van der Waals surface area contributed by atoms with E-state index in [1.807, 2.05) is 25.1 Å². The maximum Gasteiger partial charge on any atom is 0.308 e. The molecule has 0 radical (unpaired) electrons. The zero-order valence-corrected chi connectivity index (χ0v) is 15.6. The van der Waals surface area contributed by atoms with Gasteiger partial charge in [0.2, 0.25) is 11.8 Å². The van der Waals surface area contributed by atoms with Gasteiger partial charge in [-0.05, 0) is 48.9 Å². The van der Waals surface area contributed by atoms with Gasteiger partial charge in [0.25, 0.3) is 0 Å². The molecular weight excluding hydrogens is 348 g/mol. The van der Waals surface area contributed by atoms with Crippen LogP contribution in [-0.2, 0) is 20.8 Å². The maximum atomic E-state index is 12.4. The highest BCUT2D eigenvalue weighted by Gasteiger charge is 2.31. The normalized spacial score (nSPS) is 22.0. The first-order valence-electron chi connectivity index (χ1n) is 9.48. The Labute approximate surface area is 158 Å². The Morgan fingerprint density at radius 2 is 2.11 bits per heavy atom. The minimum absolute atomic E-state index is 0.00967. The van der Waals surface area contributed by atoms with E-state index in [0.717, 1.165) is 17.0 Å². The fraction of sp³-hybridized carbons (Fsp3) is 0.550. The average Bonchev–Trinajstić information content (AvgIpc) is 2.64. The van der Waals surface area contributed by atoms with E-state index in [4.69, 9.17) is 4.74 Å². The molecular formula is C20H26N2O5. The third-order valence-corrected chi connectivity index (χ3v) is 5.14. The van der Waals surface area contributed by atoms with Gasteiger partial charge in [-0.1, -0.05) is 6.92 Å². The summed E-state index contributed by atoms with van der Waals surface area (Å²) >= 11 is 0. The van der Waals surface area contributed by atoms with Crippen molar-refractivity contribution < 1.29 is 24.2 Å². The van der Waals surface area contributed by atoms with E-state index in [0.29, 0.717) is 51.8 Å². The summed E-state index contributed by atoms with van der Waals surface area (Å²) in [4.78, 5) is 36.7. The zero-order chi connectivity index (χ0) is 19.4. The fourth-order valence-corrected chi connectivity index (χ4v) is 3.76. The third kappa shape index (κ3) is 4.99. The van der Waals surface area contributed by atoms with Crippen LogP contribution >= 0.6 is 0 Å². The highest BCUT2D eigenvalue weighted by molar-refractivity contribution is 5.94. The van der Waals surface area contributed by atoms with Crippen molar-refractivity contribution in [1.82, 2.24) is 4.90 Å². The zero-order valence-electron chi connectivity index (χ0n) is 15.6. The lowest BCUT2D eigenvalue weighted by molar-refractivity contribution is -0.147. The van der Waals surface area contributed by atoms with E-state index < -0.39 is 11.9 Å². The molecule has 0 aliphatic carbocycles. The highest BCUT2D eigenvalue weighted by atomic mass is 16.5. The molecule has 2 aliphatic heterocycles. The molecule has 0 spiro atoms. The van der Waals surface area contributed by atoms with Crippen LogP contribution in [0.1, 0.15) is 38.2 Å². The van der Waals surface area contributed by atoms with Crippen LogP contribution in [0.5, 0.6) is 5.75 Å². The van der Waals surface area contributed by atoms with E-state index in [9.17, 15) is 19.5 Å². The number of likely N-dealkylation sites (tertiary alicyclic amines) is 1. The lowest BCUT2D eigenvalue weighted by Gasteiger charge is -2.34. The van der Waals surface area contributed by atoms with Gasteiger partial charge < -0.3 is 20.1 Å². The first kappa shape index (κ1) is 19.2. The first-order chi connectivity index (χ1) is 12.9. The molecule has 7 heteroatoms. The largest absolute Gasteiger partial charge is 0.494 e. The molecule has 1 aromatic carbocycles. The van der Waals surface area contributed by atoms with Crippen molar-refractivity contribution in [3.63, 3.8) is 0 Å². The number of hydrogen-bond donors (Lipinski definition) is 2. The number of rotatable bonds is 6. The number of ether oxygens (including phenoxy) is 1.